The van der Waals surface area contributed by atoms with Crippen molar-refractivity contribution >= 4 is 11.6 Å². The van der Waals surface area contributed by atoms with Gasteiger partial charge in [0.05, 0.1) is 32.1 Å². The van der Waals surface area contributed by atoms with Gasteiger partial charge < -0.3 is 34.5 Å². The van der Waals surface area contributed by atoms with E-state index in [0.29, 0.717) is 19.8 Å². The van der Waals surface area contributed by atoms with E-state index < -0.39 is 0 Å². The molecule has 0 radical (unpaired) electrons. The summed E-state index contributed by atoms with van der Waals surface area (Å²) in [5.41, 5.74) is 3.48. The van der Waals surface area contributed by atoms with Crippen LogP contribution in [0.2, 0.25) is 0 Å². The lowest BCUT2D eigenvalue weighted by molar-refractivity contribution is -0.125. The predicted octanol–water partition coefficient (Wildman–Crippen LogP) is 4.13. The molecule has 0 aromatic heterocycles. The number of piperidine rings is 1. The lowest BCUT2D eigenvalue weighted by atomic mass is 9.79. The molecule has 2 fully saturated rings. The van der Waals surface area contributed by atoms with Crippen molar-refractivity contribution in [2.75, 3.05) is 65.1 Å². The molecule has 8 nitrogen and oxygen atoms in total. The number of hydrogen-bond donors (Lipinski definition) is 2. The van der Waals surface area contributed by atoms with E-state index in [0.717, 1.165) is 87.6 Å². The summed E-state index contributed by atoms with van der Waals surface area (Å²) >= 11 is 0. The second-order valence-corrected chi connectivity index (χ2v) is 11.3. The molecule has 3 aliphatic rings. The summed E-state index contributed by atoms with van der Waals surface area (Å²) in [5, 5.41) is 6.86. The Hall–Kier alpha value is -2.81. The SMILES string of the molecule is COCCCN1CCOc2ccc(CO[C@H]3CNC[C@@H](CNC(=O)C4CCCC4)C3c3ccc(OC)cc3)cc21. The standard InChI is InChI=1S/C32H45N3O5/c1-37-16-5-14-35-15-17-39-29-13-8-23(18-28(29)35)22-40-30-21-33-19-26(20-34-32(36)25-6-3-4-7-25)31(30)24-9-11-27(38-2)12-10-24/h8-13,18,25-26,30-31,33H,3-7,14-17,19-22H2,1-2H3,(H,34,36)/t26-,30-,31?/m0/s1. The number of carbonyl (C=O) groups excluding carboxylic acids is 1. The number of fused-ring (bicyclic) bond motifs is 1. The fraction of sp³-hybridized carbons (Fsp3) is 0.594. The van der Waals surface area contributed by atoms with Crippen molar-refractivity contribution in [2.45, 2.75) is 50.7 Å². The maximum absolute atomic E-state index is 12.8. The van der Waals surface area contributed by atoms with Gasteiger partial charge in [-0.2, -0.15) is 0 Å². The van der Waals surface area contributed by atoms with Crippen LogP contribution >= 0.6 is 0 Å². The molecule has 3 atom stereocenters. The van der Waals surface area contributed by atoms with Crippen LogP contribution in [-0.4, -0.2) is 72.2 Å². The molecule has 1 unspecified atom stereocenters. The van der Waals surface area contributed by atoms with Crippen molar-refractivity contribution < 1.29 is 23.7 Å². The first-order chi connectivity index (χ1) is 19.7. The van der Waals surface area contributed by atoms with Crippen LogP contribution in [0, 0.1) is 11.8 Å². The van der Waals surface area contributed by atoms with Gasteiger partial charge in [0.2, 0.25) is 5.91 Å². The first kappa shape index (κ1) is 28.7. The van der Waals surface area contributed by atoms with Crippen molar-refractivity contribution in [2.24, 2.45) is 11.8 Å². The molecular formula is C32H45N3O5. The number of nitrogens with one attached hydrogen (secondary N) is 2. The van der Waals surface area contributed by atoms with Gasteiger partial charge in [0, 0.05) is 51.7 Å². The van der Waals surface area contributed by atoms with Gasteiger partial charge in [-0.25, -0.2) is 0 Å². The number of hydrogen-bond acceptors (Lipinski definition) is 7. The minimum atomic E-state index is -0.0272. The normalized spacial score (nSPS) is 22.9. The van der Waals surface area contributed by atoms with Crippen LogP contribution in [0.15, 0.2) is 42.5 Å². The highest BCUT2D eigenvalue weighted by molar-refractivity contribution is 5.78. The molecule has 2 heterocycles. The van der Waals surface area contributed by atoms with Crippen LogP contribution in [0.4, 0.5) is 5.69 Å². The van der Waals surface area contributed by atoms with Crippen LogP contribution in [-0.2, 0) is 20.9 Å². The number of rotatable bonds is 12. The molecule has 1 saturated heterocycles. The van der Waals surface area contributed by atoms with E-state index >= 15 is 0 Å². The summed E-state index contributed by atoms with van der Waals surface area (Å²) in [6.07, 6.45) is 5.30. The van der Waals surface area contributed by atoms with Gasteiger partial charge >= 0.3 is 0 Å². The molecule has 0 bridgehead atoms. The Morgan fingerprint density at radius 2 is 1.93 bits per heavy atom. The summed E-state index contributed by atoms with van der Waals surface area (Å²) in [6.45, 7) is 6.03. The van der Waals surface area contributed by atoms with Gasteiger partial charge in [-0.15, -0.1) is 0 Å². The molecule has 2 aromatic rings. The zero-order valence-corrected chi connectivity index (χ0v) is 24.0. The minimum Gasteiger partial charge on any atom is -0.497 e. The summed E-state index contributed by atoms with van der Waals surface area (Å²) in [4.78, 5) is 15.2. The summed E-state index contributed by atoms with van der Waals surface area (Å²) in [5.74, 6) is 2.53. The molecular weight excluding hydrogens is 506 g/mol. The molecule has 218 valence electrons. The van der Waals surface area contributed by atoms with Crippen LogP contribution < -0.4 is 25.0 Å². The van der Waals surface area contributed by atoms with E-state index in [4.69, 9.17) is 18.9 Å². The second kappa shape index (κ2) is 14.2. The lowest BCUT2D eigenvalue weighted by Crippen LogP contribution is -2.50. The van der Waals surface area contributed by atoms with Crippen LogP contribution in [0.3, 0.4) is 0 Å². The van der Waals surface area contributed by atoms with E-state index in [1.54, 1.807) is 14.2 Å². The van der Waals surface area contributed by atoms with E-state index in [1.165, 1.54) is 5.56 Å². The minimum absolute atomic E-state index is 0.0272. The van der Waals surface area contributed by atoms with E-state index in [-0.39, 0.29) is 29.8 Å². The van der Waals surface area contributed by atoms with Crippen molar-refractivity contribution in [3.63, 3.8) is 0 Å². The Labute approximate surface area is 238 Å². The topological polar surface area (TPSA) is 81.3 Å². The number of carbonyl (C=O) groups is 1. The summed E-state index contributed by atoms with van der Waals surface area (Å²) in [6, 6.07) is 14.7. The zero-order chi connectivity index (χ0) is 27.7. The van der Waals surface area contributed by atoms with Gasteiger partial charge in [-0.3, -0.25) is 4.79 Å². The number of amides is 1. The van der Waals surface area contributed by atoms with Gasteiger partial charge in [0.1, 0.15) is 18.1 Å². The Morgan fingerprint density at radius 1 is 1.10 bits per heavy atom. The number of methoxy groups -OCH3 is 2. The molecule has 1 amide bonds. The highest BCUT2D eigenvalue weighted by atomic mass is 16.5. The first-order valence-corrected chi connectivity index (χ1v) is 14.9. The van der Waals surface area contributed by atoms with Crippen LogP contribution in [0.25, 0.3) is 0 Å². The highest BCUT2D eigenvalue weighted by Gasteiger charge is 2.36. The Morgan fingerprint density at radius 3 is 2.70 bits per heavy atom. The van der Waals surface area contributed by atoms with Crippen LogP contribution in [0.1, 0.15) is 49.1 Å². The van der Waals surface area contributed by atoms with Crippen LogP contribution in [0.5, 0.6) is 11.5 Å². The predicted molar refractivity (Wildman–Crippen MR) is 156 cm³/mol. The van der Waals surface area contributed by atoms with E-state index in [2.05, 4.69) is 45.9 Å². The molecule has 8 heteroatoms. The average molecular weight is 552 g/mol. The Balaban J connectivity index is 1.29. The molecule has 5 rings (SSSR count). The number of benzene rings is 2. The fourth-order valence-corrected chi connectivity index (χ4v) is 6.45. The number of anilines is 1. The molecule has 1 saturated carbocycles. The van der Waals surface area contributed by atoms with Gasteiger partial charge in [-0.1, -0.05) is 31.0 Å². The zero-order valence-electron chi connectivity index (χ0n) is 24.0. The summed E-state index contributed by atoms with van der Waals surface area (Å²) < 4.78 is 23.3. The van der Waals surface area contributed by atoms with Gasteiger partial charge in [-0.05, 0) is 60.6 Å². The molecule has 40 heavy (non-hydrogen) atoms. The Bertz CT molecular complexity index is 1090. The quantitative estimate of drug-likeness (QED) is 0.384. The van der Waals surface area contributed by atoms with Crippen molar-refractivity contribution in [1.29, 1.82) is 0 Å². The van der Waals surface area contributed by atoms with Gasteiger partial charge in [0.15, 0.2) is 0 Å². The van der Waals surface area contributed by atoms with Crippen molar-refractivity contribution in [1.82, 2.24) is 10.6 Å². The molecule has 2 aliphatic heterocycles. The summed E-state index contributed by atoms with van der Waals surface area (Å²) in [7, 11) is 3.44. The number of nitrogens with zero attached hydrogens (tertiary/aromatic N) is 1. The fourth-order valence-electron chi connectivity index (χ4n) is 6.45. The Kier molecular flexibility index (Phi) is 10.2. The van der Waals surface area contributed by atoms with E-state index in [1.807, 2.05) is 12.1 Å². The number of ether oxygens (including phenoxy) is 4. The average Bonchev–Trinajstić information content (AvgIpc) is 3.54. The van der Waals surface area contributed by atoms with Crippen molar-refractivity contribution in [3.05, 3.63) is 53.6 Å². The molecule has 2 N–H and O–H groups in total. The lowest BCUT2D eigenvalue weighted by Gasteiger charge is -2.39. The molecule has 0 spiro atoms. The third-order valence-electron chi connectivity index (χ3n) is 8.65. The molecule has 1 aliphatic carbocycles. The first-order valence-electron chi connectivity index (χ1n) is 14.9. The second-order valence-electron chi connectivity index (χ2n) is 11.3. The maximum atomic E-state index is 12.8. The highest BCUT2D eigenvalue weighted by Crippen LogP contribution is 2.36. The molecule has 2 aromatic carbocycles. The van der Waals surface area contributed by atoms with Crippen molar-refractivity contribution in [3.8, 4) is 11.5 Å². The third-order valence-corrected chi connectivity index (χ3v) is 8.65. The van der Waals surface area contributed by atoms with E-state index in [9.17, 15) is 4.79 Å². The largest absolute Gasteiger partial charge is 0.497 e. The smallest absolute Gasteiger partial charge is 0.223 e. The third kappa shape index (κ3) is 7.09. The monoisotopic (exact) mass is 551 g/mol. The maximum Gasteiger partial charge on any atom is 0.223 e. The van der Waals surface area contributed by atoms with Gasteiger partial charge in [0.25, 0.3) is 0 Å².